The van der Waals surface area contributed by atoms with Crippen LogP contribution in [0, 0.1) is 6.92 Å². The summed E-state index contributed by atoms with van der Waals surface area (Å²) in [5.74, 6) is 0.899. The molecule has 0 saturated carbocycles. The molecule has 3 rings (SSSR count). The number of amides is 1. The second-order valence-corrected chi connectivity index (χ2v) is 6.37. The van der Waals surface area contributed by atoms with Crippen LogP contribution in [0.2, 0.25) is 5.02 Å². The zero-order chi connectivity index (χ0) is 16.2. The SMILES string of the molecule is Cc1cccc(C(=O)N2CCC(Oc3cccc(Cl)c3)CC2)c1. The van der Waals surface area contributed by atoms with Crippen LogP contribution in [0.1, 0.15) is 28.8 Å². The largest absolute Gasteiger partial charge is 0.490 e. The van der Waals surface area contributed by atoms with E-state index < -0.39 is 0 Å². The van der Waals surface area contributed by atoms with Crippen molar-refractivity contribution in [1.82, 2.24) is 4.90 Å². The number of halogens is 1. The van der Waals surface area contributed by atoms with Crippen molar-refractivity contribution >= 4 is 17.5 Å². The van der Waals surface area contributed by atoms with Gasteiger partial charge >= 0.3 is 0 Å². The molecule has 0 spiro atoms. The van der Waals surface area contributed by atoms with Crippen molar-refractivity contribution in [1.29, 1.82) is 0 Å². The molecule has 1 saturated heterocycles. The highest BCUT2D eigenvalue weighted by Gasteiger charge is 2.24. The Morgan fingerprint density at radius 2 is 1.87 bits per heavy atom. The molecule has 1 amide bonds. The van der Waals surface area contributed by atoms with Crippen LogP contribution in [0.5, 0.6) is 5.75 Å². The monoisotopic (exact) mass is 329 g/mol. The van der Waals surface area contributed by atoms with E-state index in [1.54, 1.807) is 0 Å². The molecule has 0 N–H and O–H groups in total. The number of hydrogen-bond acceptors (Lipinski definition) is 2. The highest BCUT2D eigenvalue weighted by molar-refractivity contribution is 6.30. The first-order chi connectivity index (χ1) is 11.1. The molecule has 120 valence electrons. The molecule has 23 heavy (non-hydrogen) atoms. The van der Waals surface area contributed by atoms with E-state index in [4.69, 9.17) is 16.3 Å². The van der Waals surface area contributed by atoms with Gasteiger partial charge in [0.2, 0.25) is 0 Å². The van der Waals surface area contributed by atoms with Crippen molar-refractivity contribution in [2.45, 2.75) is 25.9 Å². The number of carbonyl (C=O) groups excluding carboxylic acids is 1. The number of piperidine rings is 1. The van der Waals surface area contributed by atoms with E-state index in [1.165, 1.54) is 0 Å². The number of aryl methyl sites for hydroxylation is 1. The minimum absolute atomic E-state index is 0.106. The number of benzene rings is 2. The van der Waals surface area contributed by atoms with E-state index in [0.29, 0.717) is 5.02 Å². The first-order valence-electron chi connectivity index (χ1n) is 7.90. The summed E-state index contributed by atoms with van der Waals surface area (Å²) in [7, 11) is 0. The Morgan fingerprint density at radius 3 is 2.57 bits per heavy atom. The van der Waals surface area contributed by atoms with Gasteiger partial charge in [-0.2, -0.15) is 0 Å². The minimum atomic E-state index is 0.106. The number of hydrogen-bond donors (Lipinski definition) is 0. The third-order valence-electron chi connectivity index (χ3n) is 4.09. The smallest absolute Gasteiger partial charge is 0.253 e. The molecule has 1 fully saturated rings. The van der Waals surface area contributed by atoms with Gasteiger partial charge in [0.25, 0.3) is 5.91 Å². The van der Waals surface area contributed by atoms with Crippen molar-refractivity contribution in [2.24, 2.45) is 0 Å². The van der Waals surface area contributed by atoms with Gasteiger partial charge in [-0.25, -0.2) is 0 Å². The Kier molecular flexibility index (Phi) is 4.87. The van der Waals surface area contributed by atoms with Crippen molar-refractivity contribution in [2.75, 3.05) is 13.1 Å². The molecule has 1 aliphatic heterocycles. The molecule has 0 aromatic heterocycles. The van der Waals surface area contributed by atoms with Crippen LogP contribution >= 0.6 is 11.6 Å². The molecule has 0 atom stereocenters. The second-order valence-electron chi connectivity index (χ2n) is 5.94. The first-order valence-corrected chi connectivity index (χ1v) is 8.28. The zero-order valence-electron chi connectivity index (χ0n) is 13.2. The van der Waals surface area contributed by atoms with E-state index in [-0.39, 0.29) is 12.0 Å². The average molecular weight is 330 g/mol. The average Bonchev–Trinajstić information content (AvgIpc) is 2.55. The van der Waals surface area contributed by atoms with Crippen LogP contribution in [0.25, 0.3) is 0 Å². The molecule has 0 radical (unpaired) electrons. The maximum Gasteiger partial charge on any atom is 0.253 e. The molecule has 1 aliphatic rings. The first kappa shape index (κ1) is 15.9. The molecular weight excluding hydrogens is 310 g/mol. The summed E-state index contributed by atoms with van der Waals surface area (Å²) < 4.78 is 5.97. The Hall–Kier alpha value is -2.00. The van der Waals surface area contributed by atoms with Crippen LogP contribution < -0.4 is 4.74 Å². The van der Waals surface area contributed by atoms with Crippen molar-refractivity contribution in [3.05, 3.63) is 64.7 Å². The fraction of sp³-hybridized carbons (Fsp3) is 0.316. The van der Waals surface area contributed by atoms with Gasteiger partial charge in [-0.3, -0.25) is 4.79 Å². The molecule has 0 aliphatic carbocycles. The van der Waals surface area contributed by atoms with Gasteiger partial charge in [0.1, 0.15) is 11.9 Å². The number of nitrogens with zero attached hydrogens (tertiary/aromatic N) is 1. The third kappa shape index (κ3) is 4.05. The molecule has 0 unspecified atom stereocenters. The summed E-state index contributed by atoms with van der Waals surface area (Å²) >= 11 is 5.97. The van der Waals surface area contributed by atoms with Crippen molar-refractivity contribution in [3.8, 4) is 5.75 Å². The molecule has 2 aromatic carbocycles. The maximum absolute atomic E-state index is 12.5. The summed E-state index contributed by atoms with van der Waals surface area (Å²) in [4.78, 5) is 14.4. The lowest BCUT2D eigenvalue weighted by atomic mass is 10.1. The van der Waals surface area contributed by atoms with Gasteiger partial charge in [-0.15, -0.1) is 0 Å². The zero-order valence-corrected chi connectivity index (χ0v) is 13.9. The van der Waals surface area contributed by atoms with Crippen molar-refractivity contribution < 1.29 is 9.53 Å². The van der Waals surface area contributed by atoms with Crippen LogP contribution in [-0.4, -0.2) is 30.0 Å². The third-order valence-corrected chi connectivity index (χ3v) is 4.33. The Labute approximate surface area is 141 Å². The summed E-state index contributed by atoms with van der Waals surface area (Å²) in [6.07, 6.45) is 1.81. The summed E-state index contributed by atoms with van der Waals surface area (Å²) in [5.41, 5.74) is 1.87. The van der Waals surface area contributed by atoms with E-state index in [0.717, 1.165) is 42.8 Å². The van der Waals surface area contributed by atoms with E-state index in [2.05, 4.69) is 0 Å². The lowest BCUT2D eigenvalue weighted by Gasteiger charge is -2.32. The fourth-order valence-electron chi connectivity index (χ4n) is 2.87. The summed E-state index contributed by atoms with van der Waals surface area (Å²) in [6, 6.07) is 15.2. The predicted molar refractivity (Wildman–Crippen MR) is 92.2 cm³/mol. The second kappa shape index (κ2) is 7.05. The van der Waals surface area contributed by atoms with Crippen LogP contribution in [-0.2, 0) is 0 Å². The van der Waals surface area contributed by atoms with E-state index >= 15 is 0 Å². The Morgan fingerprint density at radius 1 is 1.13 bits per heavy atom. The van der Waals surface area contributed by atoms with Gasteiger partial charge in [0.05, 0.1) is 0 Å². The van der Waals surface area contributed by atoms with E-state index in [1.807, 2.05) is 60.4 Å². The standard InChI is InChI=1S/C19H20ClNO2/c1-14-4-2-5-15(12-14)19(22)21-10-8-17(9-11-21)23-18-7-3-6-16(20)13-18/h2-7,12-13,17H,8-11H2,1H3. The number of likely N-dealkylation sites (tertiary alicyclic amines) is 1. The lowest BCUT2D eigenvalue weighted by Crippen LogP contribution is -2.41. The van der Waals surface area contributed by atoms with Gasteiger partial charge in [-0.1, -0.05) is 35.4 Å². The highest BCUT2D eigenvalue weighted by Crippen LogP contribution is 2.23. The van der Waals surface area contributed by atoms with Gasteiger partial charge in [0.15, 0.2) is 0 Å². The summed E-state index contributed by atoms with van der Waals surface area (Å²) in [6.45, 7) is 3.44. The molecule has 3 nitrogen and oxygen atoms in total. The molecule has 4 heteroatoms. The fourth-order valence-corrected chi connectivity index (χ4v) is 3.05. The highest BCUT2D eigenvalue weighted by atomic mass is 35.5. The molecule has 0 bridgehead atoms. The number of carbonyl (C=O) groups is 1. The minimum Gasteiger partial charge on any atom is -0.490 e. The topological polar surface area (TPSA) is 29.5 Å². The Bertz CT molecular complexity index is 693. The molecule has 1 heterocycles. The molecular formula is C19H20ClNO2. The van der Waals surface area contributed by atoms with Gasteiger partial charge in [-0.05, 0) is 37.3 Å². The van der Waals surface area contributed by atoms with Crippen LogP contribution in [0.4, 0.5) is 0 Å². The summed E-state index contributed by atoms with van der Waals surface area (Å²) in [5, 5.41) is 0.676. The van der Waals surface area contributed by atoms with Crippen molar-refractivity contribution in [3.63, 3.8) is 0 Å². The predicted octanol–water partition coefficient (Wildman–Crippen LogP) is 4.33. The maximum atomic E-state index is 12.5. The number of rotatable bonds is 3. The van der Waals surface area contributed by atoms with Crippen LogP contribution in [0.15, 0.2) is 48.5 Å². The Balaban J connectivity index is 1.57. The van der Waals surface area contributed by atoms with Gasteiger partial charge < -0.3 is 9.64 Å². The normalized spacial score (nSPS) is 15.5. The van der Waals surface area contributed by atoms with Gasteiger partial charge in [0, 0.05) is 36.5 Å². The van der Waals surface area contributed by atoms with E-state index in [9.17, 15) is 4.79 Å². The van der Waals surface area contributed by atoms with Crippen LogP contribution in [0.3, 0.4) is 0 Å². The number of ether oxygens (including phenoxy) is 1. The molecule has 2 aromatic rings. The lowest BCUT2D eigenvalue weighted by molar-refractivity contribution is 0.0595. The quantitative estimate of drug-likeness (QED) is 0.838.